The van der Waals surface area contributed by atoms with Crippen LogP contribution in [0.3, 0.4) is 0 Å². The van der Waals surface area contributed by atoms with Crippen molar-refractivity contribution in [3.05, 3.63) is 22.6 Å². The largest absolute Gasteiger partial charge is 0.355 e. The Hall–Kier alpha value is -1.81. The van der Waals surface area contributed by atoms with Crippen LogP contribution in [0.1, 0.15) is 12.8 Å². The summed E-state index contributed by atoms with van der Waals surface area (Å²) in [6.07, 6.45) is 2.42. The summed E-state index contributed by atoms with van der Waals surface area (Å²) in [5.41, 5.74) is 8.18. The van der Waals surface area contributed by atoms with Gasteiger partial charge < -0.3 is 4.90 Å². The molecule has 2 rings (SSSR count). The van der Waals surface area contributed by atoms with Crippen LogP contribution in [0.4, 0.5) is 11.6 Å². The first kappa shape index (κ1) is 8.77. The van der Waals surface area contributed by atoms with Gasteiger partial charge in [0.1, 0.15) is 5.82 Å². The van der Waals surface area contributed by atoms with Crippen molar-refractivity contribution in [1.29, 1.82) is 0 Å². The third-order valence-electron chi connectivity index (χ3n) is 2.21. The zero-order chi connectivity index (χ0) is 9.80. The lowest BCUT2D eigenvalue weighted by Crippen LogP contribution is -2.18. The molecule has 0 aliphatic carbocycles. The predicted molar refractivity (Wildman–Crippen MR) is 52.3 cm³/mol. The lowest BCUT2D eigenvalue weighted by Gasteiger charge is -2.14. The van der Waals surface area contributed by atoms with E-state index in [2.05, 4.69) is 25.1 Å². The predicted octanol–water partition coefficient (Wildman–Crippen LogP) is 2.02. The minimum absolute atomic E-state index is 0.315. The molecule has 0 radical (unpaired) electrons. The van der Waals surface area contributed by atoms with Gasteiger partial charge in [0.2, 0.25) is 0 Å². The highest BCUT2D eigenvalue weighted by molar-refractivity contribution is 5.41. The third kappa shape index (κ3) is 1.75. The molecule has 0 saturated carbocycles. The Labute approximate surface area is 81.2 Å². The summed E-state index contributed by atoms with van der Waals surface area (Å²) in [6.45, 7) is 2.07. The fourth-order valence-electron chi connectivity index (χ4n) is 1.53. The Morgan fingerprint density at radius 1 is 1.29 bits per heavy atom. The van der Waals surface area contributed by atoms with E-state index in [-0.39, 0.29) is 0 Å². The van der Waals surface area contributed by atoms with E-state index in [0.29, 0.717) is 5.82 Å². The van der Waals surface area contributed by atoms with Crippen LogP contribution in [0, 0.1) is 0 Å². The van der Waals surface area contributed by atoms with Crippen LogP contribution >= 0.6 is 0 Å². The van der Waals surface area contributed by atoms with E-state index in [9.17, 15) is 0 Å². The SMILES string of the molecule is [N-]=[N+]=Nc1ccc(N2CCCC2)nn1. The quantitative estimate of drug-likeness (QED) is 0.406. The lowest BCUT2D eigenvalue weighted by atomic mass is 10.4. The van der Waals surface area contributed by atoms with Gasteiger partial charge in [0.15, 0.2) is 5.82 Å². The smallest absolute Gasteiger partial charge is 0.151 e. The van der Waals surface area contributed by atoms with E-state index in [1.807, 2.05) is 6.07 Å². The van der Waals surface area contributed by atoms with Gasteiger partial charge >= 0.3 is 0 Å². The topological polar surface area (TPSA) is 77.8 Å². The summed E-state index contributed by atoms with van der Waals surface area (Å²) < 4.78 is 0. The first-order valence-corrected chi connectivity index (χ1v) is 4.54. The number of nitrogens with zero attached hydrogens (tertiary/aromatic N) is 6. The zero-order valence-corrected chi connectivity index (χ0v) is 7.67. The molecule has 2 heterocycles. The first-order valence-electron chi connectivity index (χ1n) is 4.54. The molecule has 14 heavy (non-hydrogen) atoms. The zero-order valence-electron chi connectivity index (χ0n) is 7.67. The average molecular weight is 190 g/mol. The number of aromatic nitrogens is 2. The fraction of sp³-hybridized carbons (Fsp3) is 0.500. The molecule has 0 unspecified atom stereocenters. The maximum absolute atomic E-state index is 8.18. The third-order valence-corrected chi connectivity index (χ3v) is 2.21. The highest BCUT2D eigenvalue weighted by atomic mass is 15.3. The van der Waals surface area contributed by atoms with Crippen molar-refractivity contribution in [1.82, 2.24) is 10.2 Å². The van der Waals surface area contributed by atoms with Gasteiger partial charge in [0.05, 0.1) is 0 Å². The molecular weight excluding hydrogens is 180 g/mol. The Balaban J connectivity index is 2.16. The molecule has 1 aromatic rings. The number of hydrogen-bond donors (Lipinski definition) is 0. The van der Waals surface area contributed by atoms with Crippen molar-refractivity contribution >= 4 is 11.6 Å². The summed E-state index contributed by atoms with van der Waals surface area (Å²) in [7, 11) is 0. The lowest BCUT2D eigenvalue weighted by molar-refractivity contribution is 0.893. The minimum atomic E-state index is 0.315. The molecule has 6 nitrogen and oxygen atoms in total. The summed E-state index contributed by atoms with van der Waals surface area (Å²) >= 11 is 0. The van der Waals surface area contributed by atoms with Gasteiger partial charge in [-0.3, -0.25) is 0 Å². The van der Waals surface area contributed by atoms with Crippen LogP contribution < -0.4 is 4.90 Å². The van der Waals surface area contributed by atoms with Gasteiger partial charge in [-0.1, -0.05) is 0 Å². The van der Waals surface area contributed by atoms with Crippen molar-refractivity contribution in [3.8, 4) is 0 Å². The molecule has 0 spiro atoms. The van der Waals surface area contributed by atoms with Crippen LogP contribution in [0.2, 0.25) is 0 Å². The van der Waals surface area contributed by atoms with E-state index < -0.39 is 0 Å². The van der Waals surface area contributed by atoms with E-state index in [0.717, 1.165) is 18.9 Å². The van der Waals surface area contributed by atoms with Crippen LogP contribution in [0.15, 0.2) is 17.2 Å². The maximum atomic E-state index is 8.18. The van der Waals surface area contributed by atoms with Crippen molar-refractivity contribution in [3.63, 3.8) is 0 Å². The Bertz CT molecular complexity index is 347. The molecule has 0 N–H and O–H groups in total. The van der Waals surface area contributed by atoms with Gasteiger partial charge in [0.25, 0.3) is 0 Å². The first-order chi connectivity index (χ1) is 6.90. The summed E-state index contributed by atoms with van der Waals surface area (Å²) in [5.74, 6) is 1.18. The molecular formula is C8H10N6. The Morgan fingerprint density at radius 2 is 2.07 bits per heavy atom. The van der Waals surface area contributed by atoms with Gasteiger partial charge in [-0.25, -0.2) is 0 Å². The van der Waals surface area contributed by atoms with Crippen LogP contribution in [-0.4, -0.2) is 23.3 Å². The second-order valence-electron chi connectivity index (χ2n) is 3.13. The Kier molecular flexibility index (Phi) is 2.46. The standard InChI is InChI=1S/C8H10N6/c9-13-11-7-3-4-8(12-10-7)14-5-1-2-6-14/h3-4H,1-2,5-6H2. The average Bonchev–Trinajstić information content (AvgIpc) is 2.72. The van der Waals surface area contributed by atoms with Crippen LogP contribution in [-0.2, 0) is 0 Å². The van der Waals surface area contributed by atoms with Crippen molar-refractivity contribution in [2.45, 2.75) is 12.8 Å². The van der Waals surface area contributed by atoms with Crippen LogP contribution in [0.5, 0.6) is 0 Å². The van der Waals surface area contributed by atoms with Gasteiger partial charge in [-0.05, 0) is 35.6 Å². The number of azide groups is 1. The van der Waals surface area contributed by atoms with E-state index >= 15 is 0 Å². The summed E-state index contributed by atoms with van der Waals surface area (Å²) in [5, 5.41) is 11.2. The Morgan fingerprint density at radius 3 is 2.64 bits per heavy atom. The molecule has 1 aromatic heterocycles. The maximum Gasteiger partial charge on any atom is 0.151 e. The molecule has 1 aliphatic rings. The van der Waals surface area contributed by atoms with Gasteiger partial charge in [0, 0.05) is 18.0 Å². The number of rotatable bonds is 2. The van der Waals surface area contributed by atoms with Crippen molar-refractivity contribution in [2.24, 2.45) is 5.11 Å². The summed E-state index contributed by atoms with van der Waals surface area (Å²) in [6, 6.07) is 3.52. The second kappa shape index (κ2) is 3.93. The minimum Gasteiger partial charge on any atom is -0.355 e. The van der Waals surface area contributed by atoms with Crippen LogP contribution in [0.25, 0.3) is 10.4 Å². The van der Waals surface area contributed by atoms with Crippen molar-refractivity contribution < 1.29 is 0 Å². The van der Waals surface area contributed by atoms with Gasteiger partial charge in [-0.2, -0.15) is 0 Å². The van der Waals surface area contributed by atoms with Gasteiger partial charge in [-0.15, -0.1) is 10.2 Å². The van der Waals surface area contributed by atoms with E-state index in [1.165, 1.54) is 12.8 Å². The molecule has 0 amide bonds. The second-order valence-corrected chi connectivity index (χ2v) is 3.13. The van der Waals surface area contributed by atoms with Crippen molar-refractivity contribution in [2.75, 3.05) is 18.0 Å². The molecule has 6 heteroatoms. The number of anilines is 1. The molecule has 0 bridgehead atoms. The van der Waals surface area contributed by atoms with E-state index in [4.69, 9.17) is 5.53 Å². The monoisotopic (exact) mass is 190 g/mol. The molecule has 1 aliphatic heterocycles. The molecule has 1 saturated heterocycles. The highest BCUT2D eigenvalue weighted by Crippen LogP contribution is 2.18. The molecule has 0 aromatic carbocycles. The fourth-order valence-corrected chi connectivity index (χ4v) is 1.53. The molecule has 0 atom stereocenters. The molecule has 72 valence electrons. The molecule has 1 fully saturated rings. The highest BCUT2D eigenvalue weighted by Gasteiger charge is 2.13. The van der Waals surface area contributed by atoms with E-state index in [1.54, 1.807) is 6.07 Å². The summed E-state index contributed by atoms with van der Waals surface area (Å²) in [4.78, 5) is 4.82. The number of hydrogen-bond acceptors (Lipinski definition) is 4. The normalized spacial score (nSPS) is 15.3.